The summed E-state index contributed by atoms with van der Waals surface area (Å²) in [6, 6.07) is 8.36. The summed E-state index contributed by atoms with van der Waals surface area (Å²) in [7, 11) is 23.7. The summed E-state index contributed by atoms with van der Waals surface area (Å²) in [6.07, 6.45) is 1.60. The Kier molecular flexibility index (Phi) is 9.25. The van der Waals surface area contributed by atoms with E-state index in [4.69, 9.17) is 28.3 Å². The molecule has 3 amide bonds. The van der Waals surface area contributed by atoms with Gasteiger partial charge in [-0.1, -0.05) is 11.3 Å². The number of aromatic nitrogens is 4. The van der Waals surface area contributed by atoms with E-state index in [1.807, 2.05) is 19.0 Å². The Labute approximate surface area is 247 Å². The summed E-state index contributed by atoms with van der Waals surface area (Å²) in [5.41, 5.74) is 1.83. The first-order chi connectivity index (χ1) is 19.9. The van der Waals surface area contributed by atoms with Crippen molar-refractivity contribution < 1.29 is 19.1 Å². The van der Waals surface area contributed by atoms with Crippen LogP contribution in [-0.2, 0) is 11.8 Å². The smallest absolute Gasteiger partial charge is 0.272 e. The number of ether oxygens (including phenoxy) is 1. The van der Waals surface area contributed by atoms with Crippen LogP contribution in [0.3, 0.4) is 0 Å². The van der Waals surface area contributed by atoms with Crippen molar-refractivity contribution in [1.29, 1.82) is 0 Å². The normalized spacial score (nSPS) is 13.0. The van der Waals surface area contributed by atoms with E-state index in [-0.39, 0.29) is 34.9 Å². The molecule has 0 unspecified atom stereocenters. The second-order valence-corrected chi connectivity index (χ2v) is 10.3. The Balaban J connectivity index is 1.67. The number of carbonyl (C=O) groups is 3. The molecule has 0 atom stereocenters. The summed E-state index contributed by atoms with van der Waals surface area (Å²) < 4.78 is 7.22. The third-order valence-corrected chi connectivity index (χ3v) is 6.26. The lowest BCUT2D eigenvalue weighted by atomic mass is 9.49. The number of carbonyl (C=O) groups excluding carboxylic acids is 3. The Hall–Kier alpha value is -4.33. The number of methoxy groups -OCH3 is 1. The minimum atomic E-state index is -2.01. The molecule has 2 aromatic heterocycles. The highest BCUT2D eigenvalue weighted by Crippen LogP contribution is 2.38. The zero-order chi connectivity index (χ0) is 30.6. The van der Waals surface area contributed by atoms with Gasteiger partial charge in [0.1, 0.15) is 5.69 Å². The number of likely N-dealkylation sites (N-methyl/N-ethyl adjacent to an activating group) is 1. The van der Waals surface area contributed by atoms with Crippen LogP contribution >= 0.6 is 0 Å². The van der Waals surface area contributed by atoms with Crippen molar-refractivity contribution in [3.63, 3.8) is 0 Å². The van der Waals surface area contributed by atoms with Gasteiger partial charge in [0, 0.05) is 37.7 Å². The highest BCUT2D eigenvalue weighted by atomic mass is 16.5. The van der Waals surface area contributed by atoms with Gasteiger partial charge in [0.2, 0.25) is 5.91 Å². The lowest BCUT2D eigenvalue weighted by Crippen LogP contribution is -2.50. The summed E-state index contributed by atoms with van der Waals surface area (Å²) in [5.74, 6) is -0.825. The Bertz CT molecular complexity index is 1490. The van der Waals surface area contributed by atoms with Crippen molar-refractivity contribution in [2.24, 2.45) is 13.0 Å². The SMILES string of the molecule is [B]C([B])([B])NC(=O)c1nnc(NC(=O)C2CC2)cc1Nc1cccc(-c2cc(C(=O)NCCN(C)C)n(C)n2)c1OC. The number of nitrogens with zero attached hydrogens (tertiary/aromatic N) is 5. The molecular formula is C26H30B3N9O4. The molecule has 1 saturated carbocycles. The standard InChI is InChI=1S/C26H30B3N9O4/c1-37(2)11-10-30-24(40)19-12-17(36-38(19)3)15-6-5-7-16(22(15)42-4)31-18-13-20(32-23(39)14-8-9-14)34-35-21(18)25(41)33-26(27,28)29/h5-7,12-14H,8-11H2,1-4H3,(H,30,40)(H,33,41)(H2,31,32,34,39). The average molecular weight is 565 g/mol. The Morgan fingerprint density at radius 2 is 1.83 bits per heavy atom. The fourth-order valence-corrected chi connectivity index (χ4v) is 4.04. The molecule has 212 valence electrons. The zero-order valence-corrected chi connectivity index (χ0v) is 23.9. The number of benzene rings is 1. The quantitative estimate of drug-likeness (QED) is 0.224. The molecule has 0 aliphatic heterocycles. The predicted octanol–water partition coefficient (Wildman–Crippen LogP) is 0.116. The van der Waals surface area contributed by atoms with Gasteiger partial charge < -0.3 is 30.9 Å². The number of anilines is 3. The number of amides is 3. The maximum Gasteiger partial charge on any atom is 0.272 e. The van der Waals surface area contributed by atoms with Crippen LogP contribution in [0.25, 0.3) is 11.3 Å². The number of nitrogens with one attached hydrogen (secondary N) is 4. The van der Waals surface area contributed by atoms with E-state index in [1.165, 1.54) is 17.9 Å². The highest BCUT2D eigenvalue weighted by molar-refractivity contribution is 6.60. The first-order valence-corrected chi connectivity index (χ1v) is 13.2. The van der Waals surface area contributed by atoms with Gasteiger partial charge in [0.15, 0.2) is 17.3 Å². The van der Waals surface area contributed by atoms with Crippen molar-refractivity contribution in [1.82, 2.24) is 35.5 Å². The summed E-state index contributed by atoms with van der Waals surface area (Å²) in [4.78, 5) is 40.0. The molecule has 0 bridgehead atoms. The second-order valence-electron chi connectivity index (χ2n) is 10.3. The largest absolute Gasteiger partial charge is 0.494 e. The maximum absolute atomic E-state index is 12.9. The fraction of sp³-hybridized carbons (Fsp3) is 0.385. The minimum absolute atomic E-state index is 0.0753. The molecule has 42 heavy (non-hydrogen) atoms. The van der Waals surface area contributed by atoms with E-state index in [2.05, 4.69) is 36.6 Å². The third-order valence-electron chi connectivity index (χ3n) is 6.26. The van der Waals surface area contributed by atoms with Crippen molar-refractivity contribution in [3.8, 4) is 17.0 Å². The molecule has 0 spiro atoms. The molecule has 6 radical (unpaired) electrons. The molecule has 13 nitrogen and oxygen atoms in total. The van der Waals surface area contributed by atoms with Gasteiger partial charge in [-0.2, -0.15) is 5.10 Å². The van der Waals surface area contributed by atoms with Gasteiger partial charge in [-0.3, -0.25) is 19.1 Å². The Morgan fingerprint density at radius 3 is 2.48 bits per heavy atom. The van der Waals surface area contributed by atoms with Gasteiger partial charge >= 0.3 is 0 Å². The van der Waals surface area contributed by atoms with Crippen LogP contribution in [0.5, 0.6) is 5.75 Å². The number of para-hydroxylation sites is 1. The van der Waals surface area contributed by atoms with Crippen LogP contribution in [0.1, 0.15) is 33.8 Å². The van der Waals surface area contributed by atoms with Crippen molar-refractivity contribution >= 4 is 58.5 Å². The lowest BCUT2D eigenvalue weighted by Gasteiger charge is -2.23. The molecule has 4 rings (SSSR count). The monoisotopic (exact) mass is 565 g/mol. The molecule has 4 N–H and O–H groups in total. The van der Waals surface area contributed by atoms with E-state index in [9.17, 15) is 14.4 Å². The molecular weight excluding hydrogens is 535 g/mol. The number of aryl methyl sites for hydroxylation is 1. The molecule has 3 aromatic rings. The van der Waals surface area contributed by atoms with Crippen LogP contribution in [-0.4, -0.2) is 106 Å². The van der Waals surface area contributed by atoms with Crippen molar-refractivity contribution in [2.45, 2.75) is 18.1 Å². The summed E-state index contributed by atoms with van der Waals surface area (Å²) in [5, 5.41) is 21.4. The number of rotatable bonds is 12. The van der Waals surface area contributed by atoms with Gasteiger partial charge in [0.25, 0.3) is 11.8 Å². The van der Waals surface area contributed by atoms with E-state index in [1.54, 1.807) is 31.3 Å². The predicted molar refractivity (Wildman–Crippen MR) is 160 cm³/mol. The lowest BCUT2D eigenvalue weighted by molar-refractivity contribution is -0.117. The van der Waals surface area contributed by atoms with Crippen molar-refractivity contribution in [2.75, 3.05) is 44.9 Å². The van der Waals surface area contributed by atoms with Crippen molar-refractivity contribution in [3.05, 3.63) is 41.7 Å². The first kappa shape index (κ1) is 30.6. The fourth-order valence-electron chi connectivity index (χ4n) is 4.04. The van der Waals surface area contributed by atoms with Gasteiger partial charge in [-0.05, 0) is 45.1 Å². The molecule has 16 heteroatoms. The third kappa shape index (κ3) is 7.69. The zero-order valence-electron chi connectivity index (χ0n) is 23.9. The van der Waals surface area contributed by atoms with Gasteiger partial charge in [0.05, 0.1) is 47.7 Å². The van der Waals surface area contributed by atoms with Crippen LogP contribution < -0.4 is 26.0 Å². The summed E-state index contributed by atoms with van der Waals surface area (Å²) >= 11 is 0. The topological polar surface area (TPSA) is 155 Å². The minimum Gasteiger partial charge on any atom is -0.494 e. The maximum atomic E-state index is 12.9. The van der Waals surface area contributed by atoms with Crippen LogP contribution in [0.4, 0.5) is 17.2 Å². The second kappa shape index (κ2) is 12.7. The van der Waals surface area contributed by atoms with E-state index >= 15 is 0 Å². The van der Waals surface area contributed by atoms with Crippen LogP contribution in [0, 0.1) is 5.92 Å². The molecule has 1 fully saturated rings. The number of hydrogen-bond donors (Lipinski definition) is 4. The molecule has 1 aliphatic rings. The first-order valence-electron chi connectivity index (χ1n) is 13.2. The number of hydrogen-bond acceptors (Lipinski definition) is 9. The van der Waals surface area contributed by atoms with Gasteiger partial charge in [-0.15, -0.1) is 10.2 Å². The molecule has 1 aliphatic carbocycles. The van der Waals surface area contributed by atoms with E-state index < -0.39 is 11.1 Å². The van der Waals surface area contributed by atoms with Gasteiger partial charge in [-0.25, -0.2) is 0 Å². The summed E-state index contributed by atoms with van der Waals surface area (Å²) in [6.45, 7) is 1.17. The molecule has 0 saturated heterocycles. The molecule has 2 heterocycles. The Morgan fingerprint density at radius 1 is 1.10 bits per heavy atom. The van der Waals surface area contributed by atoms with Crippen LogP contribution in [0.2, 0.25) is 0 Å². The average Bonchev–Trinajstić information content (AvgIpc) is 3.69. The van der Waals surface area contributed by atoms with E-state index in [0.29, 0.717) is 41.5 Å². The molecule has 1 aromatic carbocycles. The van der Waals surface area contributed by atoms with Crippen LogP contribution in [0.15, 0.2) is 30.3 Å². The van der Waals surface area contributed by atoms with E-state index in [0.717, 1.165) is 12.8 Å². The highest BCUT2D eigenvalue weighted by Gasteiger charge is 2.30.